The highest BCUT2D eigenvalue weighted by Gasteiger charge is 2.02. The minimum Gasteiger partial charge on any atom is -0.265 e. The van der Waals surface area contributed by atoms with Gasteiger partial charge < -0.3 is 0 Å². The smallest absolute Gasteiger partial charge is 0.198 e. The largest absolute Gasteiger partial charge is 0.265 e. The Balaban J connectivity index is 2.88. The highest BCUT2D eigenvalue weighted by Crippen LogP contribution is 1.81. The summed E-state index contributed by atoms with van der Waals surface area (Å²) in [7, 11) is -0.790. The molecule has 49 valence electrons. The molecule has 0 aliphatic carbocycles. The first-order valence-corrected chi connectivity index (χ1v) is 5.06. The molecule has 1 aromatic rings. The highest BCUT2D eigenvalue weighted by molar-refractivity contribution is 6.78. The maximum absolute atomic E-state index is 5.26. The van der Waals surface area contributed by atoms with Crippen molar-refractivity contribution in [1.82, 2.24) is 4.98 Å². The Morgan fingerprint density at radius 1 is 1.60 bits per heavy atom. The summed E-state index contributed by atoms with van der Waals surface area (Å²) in [6, 6.07) is 5.84. The lowest BCUT2D eigenvalue weighted by atomic mass is 10.5. The molecule has 0 N–H and O–H groups in total. The summed E-state index contributed by atoms with van der Waals surface area (Å²) < 4.78 is 0. The van der Waals surface area contributed by atoms with Crippen LogP contribution in [0.25, 0.3) is 0 Å². The molecular formula is C8H8NSi. The summed E-state index contributed by atoms with van der Waals surface area (Å²) in [5.41, 5.74) is 2.72. The van der Waals surface area contributed by atoms with Crippen molar-refractivity contribution in [3.05, 3.63) is 24.4 Å². The monoisotopic (exact) mass is 146 g/mol. The number of hydrogen-bond acceptors (Lipinski definition) is 1. The van der Waals surface area contributed by atoms with Gasteiger partial charge in [-0.15, -0.1) is 12.0 Å². The third-order valence-electron chi connectivity index (χ3n) is 1.27. The maximum Gasteiger partial charge on any atom is 0.198 e. The van der Waals surface area contributed by atoms with Crippen LogP contribution < -0.4 is 5.32 Å². The van der Waals surface area contributed by atoms with Gasteiger partial charge in [0, 0.05) is 11.5 Å². The molecule has 0 saturated heterocycles. The first kappa shape index (κ1) is 7.04. The van der Waals surface area contributed by atoms with Gasteiger partial charge in [-0.05, 0) is 12.1 Å². The van der Waals surface area contributed by atoms with E-state index in [9.17, 15) is 0 Å². The summed E-state index contributed by atoms with van der Waals surface area (Å²) in [4.78, 5) is 4.15. The summed E-state index contributed by atoms with van der Waals surface area (Å²) in [5.74, 6) is 0. The Labute approximate surface area is 62.7 Å². The molecule has 1 heterocycles. The molecule has 1 radical (unpaired) electrons. The van der Waals surface area contributed by atoms with Gasteiger partial charge in [0.05, 0.1) is 0 Å². The van der Waals surface area contributed by atoms with Crippen LogP contribution in [-0.2, 0) is 0 Å². The fourth-order valence-electron chi connectivity index (χ4n) is 0.659. The standard InChI is InChI=1S/C8H8NSi/c1-3-10(2)8-6-4-5-7-9-8/h1,4-7H,2H3. The van der Waals surface area contributed by atoms with Crippen LogP contribution in [0.5, 0.6) is 0 Å². The number of nitrogens with zero attached hydrogens (tertiary/aromatic N) is 1. The molecule has 0 amide bonds. The van der Waals surface area contributed by atoms with Gasteiger partial charge in [-0.25, -0.2) is 0 Å². The van der Waals surface area contributed by atoms with Crippen molar-refractivity contribution in [3.63, 3.8) is 0 Å². The molecule has 0 aromatic carbocycles. The predicted molar refractivity (Wildman–Crippen MR) is 44.3 cm³/mol. The second-order valence-electron chi connectivity index (χ2n) is 1.98. The van der Waals surface area contributed by atoms with Gasteiger partial charge in [-0.1, -0.05) is 12.6 Å². The van der Waals surface area contributed by atoms with E-state index in [2.05, 4.69) is 17.1 Å². The van der Waals surface area contributed by atoms with Gasteiger partial charge in [-0.3, -0.25) is 4.98 Å². The summed E-state index contributed by atoms with van der Waals surface area (Å²) >= 11 is 0. The molecule has 10 heavy (non-hydrogen) atoms. The molecule has 0 aliphatic heterocycles. The van der Waals surface area contributed by atoms with Gasteiger partial charge in [0.1, 0.15) is 0 Å². The fourth-order valence-corrected chi connectivity index (χ4v) is 1.42. The minimum absolute atomic E-state index is 0.790. The molecule has 0 saturated carbocycles. The molecule has 1 rings (SSSR count). The van der Waals surface area contributed by atoms with E-state index in [1.165, 1.54) is 0 Å². The number of hydrogen-bond donors (Lipinski definition) is 0. The lowest BCUT2D eigenvalue weighted by Gasteiger charge is -1.97. The van der Waals surface area contributed by atoms with Gasteiger partial charge in [0.15, 0.2) is 8.80 Å². The maximum atomic E-state index is 5.26. The SMILES string of the molecule is C#C[Si](C)c1ccccn1. The van der Waals surface area contributed by atoms with E-state index in [1.54, 1.807) is 6.20 Å². The van der Waals surface area contributed by atoms with Crippen molar-refractivity contribution in [2.45, 2.75) is 6.55 Å². The van der Waals surface area contributed by atoms with Crippen LogP contribution in [0.2, 0.25) is 6.55 Å². The van der Waals surface area contributed by atoms with Crippen LogP contribution >= 0.6 is 0 Å². The van der Waals surface area contributed by atoms with Gasteiger partial charge in [-0.2, -0.15) is 0 Å². The number of rotatable bonds is 1. The van der Waals surface area contributed by atoms with Crippen LogP contribution in [0.4, 0.5) is 0 Å². The van der Waals surface area contributed by atoms with Gasteiger partial charge in [0.25, 0.3) is 0 Å². The second kappa shape index (κ2) is 3.19. The van der Waals surface area contributed by atoms with E-state index in [0.29, 0.717) is 0 Å². The number of pyridine rings is 1. The Kier molecular flexibility index (Phi) is 2.24. The Bertz CT molecular complexity index is 237. The molecule has 0 unspecified atom stereocenters. The van der Waals surface area contributed by atoms with E-state index < -0.39 is 8.80 Å². The van der Waals surface area contributed by atoms with Crippen molar-refractivity contribution in [3.8, 4) is 12.0 Å². The van der Waals surface area contributed by atoms with Gasteiger partial charge in [0.2, 0.25) is 0 Å². The molecule has 1 aromatic heterocycles. The molecule has 0 spiro atoms. The molecule has 0 atom stereocenters. The zero-order chi connectivity index (χ0) is 7.40. The lowest BCUT2D eigenvalue weighted by molar-refractivity contribution is 1.38. The van der Waals surface area contributed by atoms with Crippen molar-refractivity contribution in [1.29, 1.82) is 0 Å². The topological polar surface area (TPSA) is 12.9 Å². The van der Waals surface area contributed by atoms with E-state index in [0.717, 1.165) is 5.32 Å². The minimum atomic E-state index is -0.790. The zero-order valence-corrected chi connectivity index (χ0v) is 6.83. The Morgan fingerprint density at radius 2 is 2.40 bits per heavy atom. The van der Waals surface area contributed by atoms with Crippen LogP contribution in [-0.4, -0.2) is 13.8 Å². The van der Waals surface area contributed by atoms with Crippen molar-refractivity contribution >= 4 is 14.1 Å². The average Bonchev–Trinajstić information content (AvgIpc) is 2.05. The Morgan fingerprint density at radius 3 is 2.90 bits per heavy atom. The van der Waals surface area contributed by atoms with E-state index in [4.69, 9.17) is 6.42 Å². The molecular weight excluding hydrogens is 138 g/mol. The molecule has 2 heteroatoms. The van der Waals surface area contributed by atoms with E-state index in [1.807, 2.05) is 18.2 Å². The van der Waals surface area contributed by atoms with Crippen LogP contribution in [0, 0.1) is 12.0 Å². The zero-order valence-electron chi connectivity index (χ0n) is 5.83. The molecule has 1 nitrogen and oxygen atoms in total. The molecule has 0 fully saturated rings. The summed E-state index contributed by atoms with van der Waals surface area (Å²) in [6.07, 6.45) is 7.04. The fraction of sp³-hybridized carbons (Fsp3) is 0.125. The van der Waals surface area contributed by atoms with Crippen LogP contribution in [0.3, 0.4) is 0 Å². The highest BCUT2D eigenvalue weighted by atomic mass is 28.3. The normalized spacial score (nSPS) is 9.30. The van der Waals surface area contributed by atoms with E-state index in [-0.39, 0.29) is 0 Å². The number of aromatic nitrogens is 1. The van der Waals surface area contributed by atoms with Crippen molar-refractivity contribution < 1.29 is 0 Å². The number of terminal acetylenes is 1. The molecule has 0 aliphatic rings. The van der Waals surface area contributed by atoms with Crippen molar-refractivity contribution in [2.75, 3.05) is 0 Å². The average molecular weight is 146 g/mol. The third-order valence-corrected chi connectivity index (χ3v) is 2.76. The van der Waals surface area contributed by atoms with Gasteiger partial charge >= 0.3 is 0 Å². The third kappa shape index (κ3) is 1.46. The second-order valence-corrected chi connectivity index (χ2v) is 4.04. The van der Waals surface area contributed by atoms with Crippen molar-refractivity contribution in [2.24, 2.45) is 0 Å². The lowest BCUT2D eigenvalue weighted by Crippen LogP contribution is -2.27. The van der Waals surface area contributed by atoms with Crippen LogP contribution in [0.15, 0.2) is 24.4 Å². The Hall–Kier alpha value is -1.07. The first-order chi connectivity index (χ1) is 4.84. The first-order valence-electron chi connectivity index (χ1n) is 3.06. The molecule has 0 bridgehead atoms. The van der Waals surface area contributed by atoms with E-state index >= 15 is 0 Å². The van der Waals surface area contributed by atoms with Crippen LogP contribution in [0.1, 0.15) is 0 Å². The summed E-state index contributed by atoms with van der Waals surface area (Å²) in [6.45, 7) is 2.06. The summed E-state index contributed by atoms with van der Waals surface area (Å²) in [5, 5.41) is 1.06. The quantitative estimate of drug-likeness (QED) is 0.417. The predicted octanol–water partition coefficient (Wildman–Crippen LogP) is 0.586.